The topological polar surface area (TPSA) is 73.1 Å². The molecule has 1 unspecified atom stereocenters. The van der Waals surface area contributed by atoms with E-state index >= 15 is 0 Å². The van der Waals surface area contributed by atoms with Gasteiger partial charge in [0, 0.05) is 18.5 Å². The van der Waals surface area contributed by atoms with E-state index in [1.807, 2.05) is 24.3 Å². The van der Waals surface area contributed by atoms with Gasteiger partial charge >= 0.3 is 0 Å². The molecule has 0 spiro atoms. The lowest BCUT2D eigenvalue weighted by molar-refractivity contribution is 0.0854. The standard InChI is InChI=1S/C22H21ClN2O4/c1-27-19-10-4-6-14-12-16(21(26)24-13-15-7-5-11-28-15)22(29-20(14)19)25-18-9-3-2-8-17(18)23/h2-4,6,8-10,12,15H,5,7,11,13H2,1H3,(H,24,26). The fourth-order valence-corrected chi connectivity index (χ4v) is 3.47. The number of carbonyl (C=O) groups is 1. The Balaban J connectivity index is 1.80. The molecule has 0 saturated carbocycles. The first kappa shape index (κ1) is 19.5. The lowest BCUT2D eigenvalue weighted by Gasteiger charge is -2.12. The quantitative estimate of drug-likeness (QED) is 0.680. The largest absolute Gasteiger partial charge is 0.493 e. The van der Waals surface area contributed by atoms with E-state index in [0.717, 1.165) is 24.8 Å². The maximum atomic E-state index is 12.9. The van der Waals surface area contributed by atoms with E-state index in [-0.39, 0.29) is 17.6 Å². The number of carbonyl (C=O) groups excluding carboxylic acids is 1. The molecule has 1 amide bonds. The van der Waals surface area contributed by atoms with Crippen LogP contribution in [0.5, 0.6) is 5.75 Å². The van der Waals surface area contributed by atoms with Gasteiger partial charge in [0.15, 0.2) is 11.3 Å². The van der Waals surface area contributed by atoms with Crippen molar-refractivity contribution in [3.63, 3.8) is 0 Å². The summed E-state index contributed by atoms with van der Waals surface area (Å²) in [5.41, 5.74) is 1.51. The molecule has 150 valence electrons. The summed E-state index contributed by atoms with van der Waals surface area (Å²) < 4.78 is 17.0. The van der Waals surface area contributed by atoms with Crippen molar-refractivity contribution in [2.24, 2.45) is 4.99 Å². The van der Waals surface area contributed by atoms with Crippen LogP contribution in [-0.4, -0.2) is 32.3 Å². The zero-order chi connectivity index (χ0) is 20.2. The zero-order valence-corrected chi connectivity index (χ0v) is 16.7. The van der Waals surface area contributed by atoms with Crippen LogP contribution in [-0.2, 0) is 4.74 Å². The molecular weight excluding hydrogens is 392 g/mol. The smallest absolute Gasteiger partial charge is 0.256 e. The van der Waals surface area contributed by atoms with Gasteiger partial charge in [0.25, 0.3) is 5.91 Å². The zero-order valence-electron chi connectivity index (χ0n) is 16.0. The number of amides is 1. The number of ether oxygens (including phenoxy) is 2. The number of nitrogens with zero attached hydrogens (tertiary/aromatic N) is 1. The van der Waals surface area contributed by atoms with Crippen LogP contribution in [0.15, 0.2) is 57.9 Å². The van der Waals surface area contributed by atoms with E-state index in [0.29, 0.717) is 34.2 Å². The van der Waals surface area contributed by atoms with Crippen molar-refractivity contribution in [1.29, 1.82) is 0 Å². The normalized spacial score (nSPS) is 16.9. The highest BCUT2D eigenvalue weighted by atomic mass is 35.5. The average Bonchev–Trinajstić information content (AvgIpc) is 3.26. The Morgan fingerprint density at radius 3 is 2.90 bits per heavy atom. The summed E-state index contributed by atoms with van der Waals surface area (Å²) in [5.74, 6) is 0.282. The molecule has 0 bridgehead atoms. The predicted molar refractivity (Wildman–Crippen MR) is 111 cm³/mol. The summed E-state index contributed by atoms with van der Waals surface area (Å²) >= 11 is 6.25. The summed E-state index contributed by atoms with van der Waals surface area (Å²) in [6.07, 6.45) is 2.00. The Hall–Kier alpha value is -2.83. The van der Waals surface area contributed by atoms with Crippen molar-refractivity contribution in [2.75, 3.05) is 20.3 Å². The van der Waals surface area contributed by atoms with Gasteiger partial charge in [-0.1, -0.05) is 35.9 Å². The van der Waals surface area contributed by atoms with Gasteiger partial charge in [-0.2, -0.15) is 0 Å². The summed E-state index contributed by atoms with van der Waals surface area (Å²) in [7, 11) is 1.57. The molecular formula is C22H21ClN2O4. The monoisotopic (exact) mass is 412 g/mol. The van der Waals surface area contributed by atoms with Gasteiger partial charge in [-0.3, -0.25) is 4.79 Å². The molecule has 1 aliphatic rings. The second kappa shape index (κ2) is 8.68. The molecule has 1 saturated heterocycles. The number of halogens is 1. The first-order chi connectivity index (χ1) is 14.2. The lowest BCUT2D eigenvalue weighted by atomic mass is 10.1. The highest BCUT2D eigenvalue weighted by Gasteiger charge is 2.19. The van der Waals surface area contributed by atoms with Crippen molar-refractivity contribution in [3.8, 4) is 5.75 Å². The first-order valence-electron chi connectivity index (χ1n) is 9.45. The number of rotatable bonds is 5. The maximum Gasteiger partial charge on any atom is 0.256 e. The molecule has 1 fully saturated rings. The Morgan fingerprint density at radius 2 is 2.14 bits per heavy atom. The van der Waals surface area contributed by atoms with Crippen LogP contribution in [0.4, 0.5) is 5.69 Å². The molecule has 0 radical (unpaired) electrons. The van der Waals surface area contributed by atoms with E-state index in [1.54, 1.807) is 31.4 Å². The minimum Gasteiger partial charge on any atom is -0.493 e. The number of hydrogen-bond acceptors (Lipinski definition) is 5. The van der Waals surface area contributed by atoms with Crippen LogP contribution < -0.4 is 15.6 Å². The van der Waals surface area contributed by atoms with E-state index in [1.165, 1.54) is 0 Å². The van der Waals surface area contributed by atoms with Gasteiger partial charge in [0.2, 0.25) is 5.55 Å². The molecule has 3 aromatic rings. The molecule has 4 rings (SSSR count). The molecule has 1 atom stereocenters. The molecule has 1 aromatic heterocycles. The second-order valence-corrected chi connectivity index (χ2v) is 7.16. The van der Waals surface area contributed by atoms with Crippen molar-refractivity contribution in [1.82, 2.24) is 5.32 Å². The lowest BCUT2D eigenvalue weighted by Crippen LogP contribution is -2.34. The first-order valence-corrected chi connectivity index (χ1v) is 9.83. The van der Waals surface area contributed by atoms with Gasteiger partial charge in [-0.15, -0.1) is 0 Å². The molecule has 6 nitrogen and oxygen atoms in total. The Labute approximate surface area is 173 Å². The van der Waals surface area contributed by atoms with Gasteiger partial charge < -0.3 is 19.2 Å². The van der Waals surface area contributed by atoms with Crippen molar-refractivity contribution in [2.45, 2.75) is 18.9 Å². The van der Waals surface area contributed by atoms with Crippen molar-refractivity contribution >= 4 is 34.2 Å². The second-order valence-electron chi connectivity index (χ2n) is 6.75. The fraction of sp³-hybridized carbons (Fsp3) is 0.273. The minimum atomic E-state index is -0.278. The molecule has 1 aliphatic heterocycles. The van der Waals surface area contributed by atoms with Crippen LogP contribution in [0.2, 0.25) is 5.02 Å². The Kier molecular flexibility index (Phi) is 5.83. The van der Waals surface area contributed by atoms with Crippen molar-refractivity contribution < 1.29 is 18.7 Å². The molecule has 7 heteroatoms. The Morgan fingerprint density at radius 1 is 1.28 bits per heavy atom. The van der Waals surface area contributed by atoms with Crippen LogP contribution in [0.3, 0.4) is 0 Å². The summed E-state index contributed by atoms with van der Waals surface area (Å²) in [4.78, 5) is 17.5. The van der Waals surface area contributed by atoms with Crippen molar-refractivity contribution in [3.05, 3.63) is 64.7 Å². The number of nitrogens with one attached hydrogen (secondary N) is 1. The molecule has 0 aliphatic carbocycles. The van der Waals surface area contributed by atoms with Crippen LogP contribution in [0, 0.1) is 0 Å². The molecule has 2 heterocycles. The molecule has 1 N–H and O–H groups in total. The summed E-state index contributed by atoms with van der Waals surface area (Å²) in [6, 6.07) is 14.4. The third kappa shape index (κ3) is 4.28. The van der Waals surface area contributed by atoms with Crippen LogP contribution in [0.1, 0.15) is 23.2 Å². The predicted octanol–water partition coefficient (Wildman–Crippen LogP) is 4.24. The van der Waals surface area contributed by atoms with Crippen LogP contribution in [0.25, 0.3) is 11.0 Å². The third-order valence-electron chi connectivity index (χ3n) is 4.79. The number of fused-ring (bicyclic) bond motifs is 1. The minimum absolute atomic E-state index is 0.0420. The summed E-state index contributed by atoms with van der Waals surface area (Å²) in [6.45, 7) is 1.18. The summed E-state index contributed by atoms with van der Waals surface area (Å²) in [5, 5.41) is 4.13. The highest BCUT2D eigenvalue weighted by molar-refractivity contribution is 6.32. The molecule has 2 aromatic carbocycles. The highest BCUT2D eigenvalue weighted by Crippen LogP contribution is 2.26. The van der Waals surface area contributed by atoms with E-state index in [9.17, 15) is 4.79 Å². The number of methoxy groups -OCH3 is 1. The fourth-order valence-electron chi connectivity index (χ4n) is 3.29. The maximum absolute atomic E-state index is 12.9. The van der Waals surface area contributed by atoms with Gasteiger partial charge in [-0.05, 0) is 37.1 Å². The SMILES string of the molecule is COc1cccc2cc(C(=O)NCC3CCCO3)c(=Nc3ccccc3Cl)oc12. The van der Waals surface area contributed by atoms with E-state index < -0.39 is 0 Å². The average molecular weight is 413 g/mol. The van der Waals surface area contributed by atoms with Gasteiger partial charge in [-0.25, -0.2) is 4.99 Å². The third-order valence-corrected chi connectivity index (χ3v) is 5.11. The number of hydrogen-bond donors (Lipinski definition) is 1. The number of para-hydroxylation sites is 2. The number of benzene rings is 2. The van der Waals surface area contributed by atoms with E-state index in [4.69, 9.17) is 25.5 Å². The van der Waals surface area contributed by atoms with Crippen LogP contribution >= 0.6 is 11.6 Å². The Bertz CT molecular complexity index is 1100. The van der Waals surface area contributed by atoms with E-state index in [2.05, 4.69) is 10.3 Å². The van der Waals surface area contributed by atoms with Gasteiger partial charge in [0.05, 0.1) is 23.9 Å². The molecule has 29 heavy (non-hydrogen) atoms. The van der Waals surface area contributed by atoms with Gasteiger partial charge in [0.1, 0.15) is 5.56 Å².